The van der Waals surface area contributed by atoms with E-state index >= 15 is 0 Å². The Balaban J connectivity index is 1.34. The number of benzene rings is 3. The maximum Gasteiger partial charge on any atom is 0.435 e. The number of hydrogen-bond donors (Lipinski definition) is 2. The molecule has 0 fully saturated rings. The van der Waals surface area contributed by atoms with Crippen molar-refractivity contribution in [2.45, 2.75) is 23.0 Å². The third kappa shape index (κ3) is 7.21. The molecule has 2 heterocycles. The number of urea groups is 1. The molecule has 0 saturated heterocycles. The van der Waals surface area contributed by atoms with Crippen molar-refractivity contribution in [2.75, 3.05) is 38.1 Å². The van der Waals surface area contributed by atoms with Crippen LogP contribution in [0, 0.1) is 6.92 Å². The number of aromatic nitrogens is 4. The van der Waals surface area contributed by atoms with Gasteiger partial charge >= 0.3 is 12.2 Å². The van der Waals surface area contributed by atoms with Crippen LogP contribution in [0.1, 0.15) is 11.3 Å². The van der Waals surface area contributed by atoms with Crippen molar-refractivity contribution in [3.8, 4) is 17.2 Å². The van der Waals surface area contributed by atoms with E-state index in [2.05, 4.69) is 25.7 Å². The normalized spacial score (nSPS) is 11.4. The Bertz CT molecular complexity index is 1780. The van der Waals surface area contributed by atoms with Crippen molar-refractivity contribution in [1.82, 2.24) is 19.7 Å². The second kappa shape index (κ2) is 13.2. The lowest BCUT2D eigenvalue weighted by molar-refractivity contribution is -0.141. The fraction of sp³-hybridized carbons (Fsp3) is 0.200. The first kappa shape index (κ1) is 30.6. The van der Waals surface area contributed by atoms with Gasteiger partial charge in [0, 0.05) is 35.2 Å². The molecule has 0 aliphatic rings. The first-order valence-electron chi connectivity index (χ1n) is 13.2. The summed E-state index contributed by atoms with van der Waals surface area (Å²) in [4.78, 5) is 22.4. The highest BCUT2D eigenvalue weighted by Crippen LogP contribution is 2.38. The van der Waals surface area contributed by atoms with Gasteiger partial charge in [0.1, 0.15) is 23.8 Å². The van der Waals surface area contributed by atoms with Crippen molar-refractivity contribution in [3.05, 3.63) is 84.3 Å². The van der Waals surface area contributed by atoms with Gasteiger partial charge < -0.3 is 19.5 Å². The largest absolute Gasteiger partial charge is 0.493 e. The number of halogens is 3. The minimum Gasteiger partial charge on any atom is -0.493 e. The molecule has 0 unspecified atom stereocenters. The lowest BCUT2D eigenvalue weighted by atomic mass is 10.2. The van der Waals surface area contributed by atoms with Crippen LogP contribution in [0.15, 0.2) is 83.0 Å². The number of nitrogens with zero attached hydrogens (tertiary/aromatic N) is 4. The number of carbonyl (C=O) groups excluding carboxylic acids is 1. The molecule has 3 aromatic carbocycles. The Morgan fingerprint density at radius 3 is 2.48 bits per heavy atom. The van der Waals surface area contributed by atoms with Gasteiger partial charge in [-0.3, -0.25) is 5.32 Å². The standard InChI is InChI=1S/C30H27F3N6O4S/c1-18-7-9-20(10-8-18)39-27(16-26(38-39)30(31,32)33)37-29(40)36-19-5-4-6-21(13-19)44-28-22-14-24(42-3)25(43-12-11-41-2)15-23(22)34-17-35-28/h4-10,13-17H,11-12H2,1-3H3,(H2,36,37,40). The molecule has 14 heteroatoms. The number of amides is 2. The van der Waals surface area contributed by atoms with E-state index in [-0.39, 0.29) is 5.82 Å². The van der Waals surface area contributed by atoms with Gasteiger partial charge in [-0.1, -0.05) is 35.5 Å². The Labute approximate surface area is 254 Å². The highest BCUT2D eigenvalue weighted by molar-refractivity contribution is 7.99. The van der Waals surface area contributed by atoms with E-state index in [1.54, 1.807) is 68.8 Å². The number of rotatable bonds is 10. The highest BCUT2D eigenvalue weighted by atomic mass is 32.2. The van der Waals surface area contributed by atoms with Gasteiger partial charge in [0.15, 0.2) is 17.2 Å². The number of anilines is 2. The van der Waals surface area contributed by atoms with E-state index in [1.807, 2.05) is 13.0 Å². The number of fused-ring (bicyclic) bond motifs is 1. The molecule has 0 aliphatic heterocycles. The zero-order chi connectivity index (χ0) is 31.3. The van der Waals surface area contributed by atoms with E-state index in [0.29, 0.717) is 46.6 Å². The summed E-state index contributed by atoms with van der Waals surface area (Å²) in [6.45, 7) is 2.61. The van der Waals surface area contributed by atoms with Crippen LogP contribution in [0.4, 0.5) is 29.5 Å². The molecule has 2 N–H and O–H groups in total. The monoisotopic (exact) mass is 624 g/mol. The Hall–Kier alpha value is -4.82. The average Bonchev–Trinajstić information content (AvgIpc) is 3.42. The van der Waals surface area contributed by atoms with Crippen LogP contribution < -0.4 is 20.1 Å². The van der Waals surface area contributed by atoms with Crippen LogP contribution in [-0.4, -0.2) is 53.2 Å². The highest BCUT2D eigenvalue weighted by Gasteiger charge is 2.35. The summed E-state index contributed by atoms with van der Waals surface area (Å²) in [5.74, 6) is 0.891. The minimum absolute atomic E-state index is 0.142. The minimum atomic E-state index is -4.69. The number of aryl methyl sites for hydroxylation is 1. The molecule has 2 aromatic heterocycles. The second-order valence-corrected chi connectivity index (χ2v) is 10.5. The molecule has 44 heavy (non-hydrogen) atoms. The third-order valence-electron chi connectivity index (χ3n) is 6.26. The van der Waals surface area contributed by atoms with Gasteiger partial charge in [-0.25, -0.2) is 19.4 Å². The summed E-state index contributed by atoms with van der Waals surface area (Å²) in [5, 5.41) is 10.2. The zero-order valence-corrected chi connectivity index (χ0v) is 24.6. The van der Waals surface area contributed by atoms with Crippen molar-refractivity contribution in [3.63, 3.8) is 0 Å². The quantitative estimate of drug-likeness (QED) is 0.127. The summed E-state index contributed by atoms with van der Waals surface area (Å²) in [6.07, 6.45) is -3.25. The van der Waals surface area contributed by atoms with Crippen LogP contribution in [0.5, 0.6) is 11.5 Å². The predicted molar refractivity (Wildman–Crippen MR) is 160 cm³/mol. The maximum atomic E-state index is 13.5. The number of carbonyl (C=O) groups is 1. The first-order valence-corrected chi connectivity index (χ1v) is 14.0. The lowest BCUT2D eigenvalue weighted by Gasteiger charge is -2.13. The van der Waals surface area contributed by atoms with Crippen LogP contribution in [-0.2, 0) is 10.9 Å². The molecular formula is C30H27F3N6O4S. The smallest absolute Gasteiger partial charge is 0.435 e. The molecule has 5 aromatic rings. The van der Waals surface area contributed by atoms with Gasteiger partial charge in [-0.2, -0.15) is 18.3 Å². The van der Waals surface area contributed by atoms with Gasteiger partial charge in [0.05, 0.1) is 24.9 Å². The van der Waals surface area contributed by atoms with Crippen LogP contribution in [0.3, 0.4) is 0 Å². The summed E-state index contributed by atoms with van der Waals surface area (Å²) < 4.78 is 57.7. The number of alkyl halides is 3. The molecule has 0 radical (unpaired) electrons. The molecule has 0 bridgehead atoms. The molecule has 0 saturated carbocycles. The fourth-order valence-corrected chi connectivity index (χ4v) is 5.08. The molecule has 2 amide bonds. The molecule has 228 valence electrons. The van der Waals surface area contributed by atoms with Gasteiger partial charge in [-0.15, -0.1) is 0 Å². The second-order valence-electron chi connectivity index (χ2n) is 9.41. The third-order valence-corrected chi connectivity index (χ3v) is 7.26. The number of nitrogens with one attached hydrogen (secondary N) is 2. The Morgan fingerprint density at radius 1 is 0.955 bits per heavy atom. The van der Waals surface area contributed by atoms with E-state index in [0.717, 1.165) is 26.6 Å². The number of ether oxygens (including phenoxy) is 3. The molecule has 10 nitrogen and oxygen atoms in total. The molecule has 0 spiro atoms. The lowest BCUT2D eigenvalue weighted by Crippen LogP contribution is -2.21. The summed E-state index contributed by atoms with van der Waals surface area (Å²) >= 11 is 1.34. The SMILES string of the molecule is COCCOc1cc2ncnc(Sc3cccc(NC(=O)Nc4cc(C(F)(F)F)nn4-c4ccc(C)cc4)c3)c2cc1OC. The fourth-order valence-electron chi connectivity index (χ4n) is 4.15. The Kier molecular flexibility index (Phi) is 9.20. The van der Waals surface area contributed by atoms with Gasteiger partial charge in [-0.05, 0) is 43.3 Å². The topological polar surface area (TPSA) is 112 Å². The van der Waals surface area contributed by atoms with Crippen molar-refractivity contribution in [2.24, 2.45) is 0 Å². The molecule has 5 rings (SSSR count). The van der Waals surface area contributed by atoms with Crippen molar-refractivity contribution >= 4 is 40.2 Å². The predicted octanol–water partition coefficient (Wildman–Crippen LogP) is 6.97. The van der Waals surface area contributed by atoms with Crippen LogP contribution in [0.2, 0.25) is 0 Å². The Morgan fingerprint density at radius 2 is 1.75 bits per heavy atom. The first-order chi connectivity index (χ1) is 21.1. The molecule has 0 aliphatic carbocycles. The maximum absolute atomic E-state index is 13.5. The summed E-state index contributed by atoms with van der Waals surface area (Å²) in [5.41, 5.74) is 1.21. The van der Waals surface area contributed by atoms with E-state index in [1.165, 1.54) is 18.1 Å². The number of hydrogen-bond acceptors (Lipinski definition) is 8. The van der Waals surface area contributed by atoms with Crippen LogP contribution in [0.25, 0.3) is 16.6 Å². The average molecular weight is 625 g/mol. The summed E-state index contributed by atoms with van der Waals surface area (Å²) in [7, 11) is 3.13. The van der Waals surface area contributed by atoms with Gasteiger partial charge in [0.25, 0.3) is 0 Å². The van der Waals surface area contributed by atoms with E-state index in [9.17, 15) is 18.0 Å². The van der Waals surface area contributed by atoms with Crippen molar-refractivity contribution < 1.29 is 32.2 Å². The van der Waals surface area contributed by atoms with Crippen LogP contribution >= 0.6 is 11.8 Å². The molecule has 0 atom stereocenters. The number of methoxy groups -OCH3 is 2. The van der Waals surface area contributed by atoms with Crippen molar-refractivity contribution in [1.29, 1.82) is 0 Å². The summed E-state index contributed by atoms with van der Waals surface area (Å²) in [6, 6.07) is 17.3. The van der Waals surface area contributed by atoms with E-state index < -0.39 is 17.9 Å². The van der Waals surface area contributed by atoms with Gasteiger partial charge in [0.2, 0.25) is 0 Å². The zero-order valence-electron chi connectivity index (χ0n) is 23.8. The van der Waals surface area contributed by atoms with E-state index in [4.69, 9.17) is 14.2 Å². The molecular weight excluding hydrogens is 597 g/mol.